The molecule has 6 nitrogen and oxygen atoms in total. The highest BCUT2D eigenvalue weighted by atomic mass is 32.2. The predicted molar refractivity (Wildman–Crippen MR) is 103 cm³/mol. The summed E-state index contributed by atoms with van der Waals surface area (Å²) in [5.74, 6) is -0.853. The second-order valence-electron chi connectivity index (χ2n) is 5.74. The van der Waals surface area contributed by atoms with Crippen molar-refractivity contribution in [1.82, 2.24) is 0 Å². The molecule has 140 valence electrons. The highest BCUT2D eigenvalue weighted by Gasteiger charge is 2.18. The van der Waals surface area contributed by atoms with E-state index >= 15 is 0 Å². The number of rotatable bonds is 5. The molecule has 3 N–H and O–H groups in total. The van der Waals surface area contributed by atoms with Crippen LogP contribution in [0.3, 0.4) is 0 Å². The summed E-state index contributed by atoms with van der Waals surface area (Å²) < 4.78 is 63.0. The minimum atomic E-state index is -4.31. The van der Waals surface area contributed by atoms with E-state index in [1.54, 1.807) is 6.07 Å². The zero-order chi connectivity index (χ0) is 19.7. The lowest BCUT2D eigenvalue weighted by atomic mass is 10.1. The van der Waals surface area contributed by atoms with Crippen LogP contribution in [-0.2, 0) is 20.0 Å². The van der Waals surface area contributed by atoms with Crippen LogP contribution in [-0.4, -0.2) is 16.8 Å². The van der Waals surface area contributed by atoms with Gasteiger partial charge in [0.1, 0.15) is 10.7 Å². The third kappa shape index (κ3) is 4.70. The zero-order valence-corrected chi connectivity index (χ0v) is 15.5. The van der Waals surface area contributed by atoms with Crippen LogP contribution in [0.25, 0.3) is 16.8 Å². The van der Waals surface area contributed by atoms with Crippen molar-refractivity contribution in [2.75, 3.05) is 4.72 Å². The molecule has 0 heterocycles. The molecular weight excluding hydrogens is 391 g/mol. The van der Waals surface area contributed by atoms with Gasteiger partial charge in [-0.3, -0.25) is 4.72 Å². The van der Waals surface area contributed by atoms with Gasteiger partial charge in [-0.25, -0.2) is 26.4 Å². The van der Waals surface area contributed by atoms with Gasteiger partial charge in [-0.15, -0.1) is 0 Å². The molecule has 0 aliphatic carbocycles. The summed E-state index contributed by atoms with van der Waals surface area (Å²) >= 11 is 0. The van der Waals surface area contributed by atoms with Crippen LogP contribution in [0.5, 0.6) is 0 Å². The summed E-state index contributed by atoms with van der Waals surface area (Å²) in [4.78, 5) is -0.648. The fourth-order valence-electron chi connectivity index (χ4n) is 2.48. The Morgan fingerprint density at radius 3 is 2.30 bits per heavy atom. The molecule has 9 heteroatoms. The summed E-state index contributed by atoms with van der Waals surface area (Å²) in [6, 6.07) is 15.6. The number of primary sulfonamides is 1. The summed E-state index contributed by atoms with van der Waals surface area (Å²) in [5.41, 5.74) is 0.312. The van der Waals surface area contributed by atoms with E-state index in [2.05, 4.69) is 4.72 Å². The third-order valence-electron chi connectivity index (χ3n) is 3.72. The lowest BCUT2D eigenvalue weighted by molar-refractivity contribution is 0.593. The summed E-state index contributed by atoms with van der Waals surface area (Å²) in [5, 5.41) is 7.87. The van der Waals surface area contributed by atoms with E-state index in [9.17, 15) is 21.2 Å². The minimum Gasteiger partial charge on any atom is -0.279 e. The molecule has 0 radical (unpaired) electrons. The molecule has 3 rings (SSSR count). The monoisotopic (exact) mass is 406 g/mol. The Morgan fingerprint density at radius 1 is 0.889 bits per heavy atom. The van der Waals surface area contributed by atoms with E-state index in [0.29, 0.717) is 11.6 Å². The van der Waals surface area contributed by atoms with Gasteiger partial charge in [-0.1, -0.05) is 36.4 Å². The molecule has 0 saturated carbocycles. The van der Waals surface area contributed by atoms with Crippen molar-refractivity contribution < 1.29 is 21.2 Å². The Bertz CT molecular complexity index is 1250. The van der Waals surface area contributed by atoms with E-state index in [1.807, 2.05) is 36.4 Å². The number of halogens is 1. The minimum absolute atomic E-state index is 0.331. The van der Waals surface area contributed by atoms with Crippen molar-refractivity contribution in [3.63, 3.8) is 0 Å². The summed E-state index contributed by atoms with van der Waals surface area (Å²) in [7, 11) is -8.37. The quantitative estimate of drug-likeness (QED) is 0.679. The zero-order valence-electron chi connectivity index (χ0n) is 13.8. The average Bonchev–Trinajstić information content (AvgIpc) is 2.60. The van der Waals surface area contributed by atoms with Gasteiger partial charge in [0.15, 0.2) is 0 Å². The number of hydrogen-bond acceptors (Lipinski definition) is 4. The maximum atomic E-state index is 13.3. The lowest BCUT2D eigenvalue weighted by Gasteiger charge is -2.09. The van der Waals surface area contributed by atoms with Crippen LogP contribution >= 0.6 is 0 Å². The second kappa shape index (κ2) is 7.10. The molecule has 0 atom stereocenters. The predicted octanol–water partition coefficient (Wildman–Crippen LogP) is 3.04. The highest BCUT2D eigenvalue weighted by Crippen LogP contribution is 2.23. The van der Waals surface area contributed by atoms with Crippen molar-refractivity contribution >= 4 is 42.6 Å². The summed E-state index contributed by atoms with van der Waals surface area (Å²) in [6.07, 6.45) is 1.37. The Morgan fingerprint density at radius 2 is 1.59 bits per heavy atom. The molecule has 3 aromatic rings. The molecule has 0 unspecified atom stereocenters. The van der Waals surface area contributed by atoms with Gasteiger partial charge in [0.25, 0.3) is 10.0 Å². The number of nitrogens with one attached hydrogen (secondary N) is 1. The first-order valence-corrected chi connectivity index (χ1v) is 10.8. The highest BCUT2D eigenvalue weighted by molar-refractivity contribution is 7.95. The topological polar surface area (TPSA) is 106 Å². The Kier molecular flexibility index (Phi) is 5.01. The molecule has 27 heavy (non-hydrogen) atoms. The van der Waals surface area contributed by atoms with Crippen molar-refractivity contribution in [1.29, 1.82) is 0 Å². The smallest absolute Gasteiger partial charge is 0.255 e. The molecule has 0 aliphatic rings. The maximum absolute atomic E-state index is 13.3. The fraction of sp³-hybridized carbons (Fsp3) is 0. The Balaban J connectivity index is 1.90. The first-order chi connectivity index (χ1) is 12.6. The molecule has 0 spiro atoms. The van der Waals surface area contributed by atoms with Crippen molar-refractivity contribution in [2.24, 2.45) is 5.14 Å². The van der Waals surface area contributed by atoms with Crippen LogP contribution in [0.2, 0.25) is 0 Å². The number of benzene rings is 3. The first-order valence-electron chi connectivity index (χ1n) is 7.66. The van der Waals surface area contributed by atoms with Crippen molar-refractivity contribution in [3.05, 3.63) is 77.5 Å². The molecular formula is C18H15FN2O4S2. The summed E-state index contributed by atoms with van der Waals surface area (Å²) in [6.45, 7) is 0. The number of fused-ring (bicyclic) bond motifs is 1. The van der Waals surface area contributed by atoms with Crippen LogP contribution in [0.1, 0.15) is 5.56 Å². The largest absolute Gasteiger partial charge is 0.279 e. The Labute approximate surface area is 156 Å². The molecule has 3 aromatic carbocycles. The van der Waals surface area contributed by atoms with E-state index in [0.717, 1.165) is 28.3 Å². The van der Waals surface area contributed by atoms with E-state index in [1.165, 1.54) is 6.08 Å². The van der Waals surface area contributed by atoms with Gasteiger partial charge in [0, 0.05) is 0 Å². The maximum Gasteiger partial charge on any atom is 0.255 e. The fourth-order valence-corrected chi connectivity index (χ4v) is 4.14. The average molecular weight is 406 g/mol. The standard InChI is InChI=1S/C18H15FN2O4S2/c19-16-7-8-17(18(12-16)27(20,24)25)21-26(22,23)10-9-13-5-6-14-3-1-2-4-15(14)11-13/h1-12,21H,(H2,20,24,25)/b10-9+. The lowest BCUT2D eigenvalue weighted by Crippen LogP contribution is -2.17. The third-order valence-corrected chi connectivity index (χ3v) is 5.67. The normalized spacial score (nSPS) is 12.5. The second-order valence-corrected chi connectivity index (χ2v) is 8.84. The van der Waals surface area contributed by atoms with E-state index < -0.39 is 30.8 Å². The van der Waals surface area contributed by atoms with Crippen LogP contribution in [0.15, 0.2) is 71.0 Å². The van der Waals surface area contributed by atoms with E-state index in [4.69, 9.17) is 5.14 Å². The first kappa shape index (κ1) is 19.0. The van der Waals surface area contributed by atoms with Gasteiger partial charge in [0.05, 0.1) is 11.1 Å². The van der Waals surface area contributed by atoms with Crippen molar-refractivity contribution in [3.8, 4) is 0 Å². The molecule has 0 fully saturated rings. The van der Waals surface area contributed by atoms with Gasteiger partial charge >= 0.3 is 0 Å². The van der Waals surface area contributed by atoms with Gasteiger partial charge in [-0.2, -0.15) is 0 Å². The van der Waals surface area contributed by atoms with Crippen LogP contribution < -0.4 is 9.86 Å². The molecule has 0 bridgehead atoms. The van der Waals surface area contributed by atoms with Crippen molar-refractivity contribution in [2.45, 2.75) is 4.90 Å². The molecule has 0 saturated heterocycles. The number of sulfonamides is 2. The number of hydrogen-bond donors (Lipinski definition) is 2. The van der Waals surface area contributed by atoms with E-state index in [-0.39, 0.29) is 5.69 Å². The van der Waals surface area contributed by atoms with Crippen LogP contribution in [0.4, 0.5) is 10.1 Å². The SMILES string of the molecule is NS(=O)(=O)c1cc(F)ccc1NS(=O)(=O)/C=C/c1ccc2ccccc2c1. The molecule has 0 aromatic heterocycles. The van der Waals surface area contributed by atoms with Crippen LogP contribution in [0, 0.1) is 5.82 Å². The molecule has 0 amide bonds. The number of nitrogens with two attached hydrogens (primary N) is 1. The van der Waals surface area contributed by atoms with Gasteiger partial charge in [-0.05, 0) is 46.7 Å². The molecule has 0 aliphatic heterocycles. The van der Waals surface area contributed by atoms with Gasteiger partial charge in [0.2, 0.25) is 10.0 Å². The number of anilines is 1. The Hall–Kier alpha value is -2.75. The van der Waals surface area contributed by atoms with Gasteiger partial charge < -0.3 is 0 Å².